The Kier molecular flexibility index (Phi) is 5.27. The van der Waals surface area contributed by atoms with Gasteiger partial charge in [0.2, 0.25) is 0 Å². The number of carbonyl (C=O) groups excluding carboxylic acids is 2. The summed E-state index contributed by atoms with van der Waals surface area (Å²) in [5, 5.41) is 2.19. The molecule has 0 unspecified atom stereocenters. The molecule has 1 aromatic rings. The summed E-state index contributed by atoms with van der Waals surface area (Å²) in [7, 11) is -3.70. The molecule has 1 atom stereocenters. The van der Waals surface area contributed by atoms with E-state index in [4.69, 9.17) is 4.74 Å². The van der Waals surface area contributed by atoms with Gasteiger partial charge < -0.3 is 15.0 Å². The van der Waals surface area contributed by atoms with Crippen molar-refractivity contribution in [3.05, 3.63) is 53.8 Å². The highest BCUT2D eigenvalue weighted by Gasteiger charge is 2.32. The standard InChI is InChI=1S/C17H15F2N3O5S/c1-10(16(23)20-14-5-4-11(18)9-13(14)19)27-17(24)12-3-2-6-22-7-8-28(25,26)21-15(12)22/h2-6,9-10H,7-8H2,1H3,(H,20,23)/t10-/m0/s1. The average Bonchev–Trinajstić information content (AvgIpc) is 2.62. The fourth-order valence-corrected chi connectivity index (χ4v) is 3.46. The van der Waals surface area contributed by atoms with Crippen molar-refractivity contribution in [3.8, 4) is 0 Å². The van der Waals surface area contributed by atoms with E-state index in [2.05, 4.69) is 9.71 Å². The second kappa shape index (κ2) is 7.50. The predicted octanol–water partition coefficient (Wildman–Crippen LogP) is 1.33. The number of nitrogens with one attached hydrogen (secondary N) is 1. The van der Waals surface area contributed by atoms with Gasteiger partial charge in [-0.05, 0) is 31.2 Å². The van der Waals surface area contributed by atoms with Crippen molar-refractivity contribution in [2.45, 2.75) is 13.0 Å². The van der Waals surface area contributed by atoms with Gasteiger partial charge in [0.05, 0.1) is 11.4 Å². The average molecular weight is 411 g/mol. The summed E-state index contributed by atoms with van der Waals surface area (Å²) in [6, 6.07) is 2.59. The molecule has 2 aliphatic heterocycles. The number of ether oxygens (including phenoxy) is 1. The molecule has 28 heavy (non-hydrogen) atoms. The first-order chi connectivity index (χ1) is 13.2. The number of amides is 1. The maximum atomic E-state index is 13.6. The van der Waals surface area contributed by atoms with E-state index in [9.17, 15) is 26.8 Å². The molecule has 3 rings (SSSR count). The molecule has 2 aliphatic rings. The maximum absolute atomic E-state index is 13.6. The van der Waals surface area contributed by atoms with E-state index in [1.54, 1.807) is 6.20 Å². The number of nitrogens with zero attached hydrogens (tertiary/aromatic N) is 2. The maximum Gasteiger partial charge on any atom is 0.342 e. The summed E-state index contributed by atoms with van der Waals surface area (Å²) in [5.74, 6) is -3.88. The van der Waals surface area contributed by atoms with Crippen LogP contribution in [-0.4, -0.2) is 49.4 Å². The van der Waals surface area contributed by atoms with Gasteiger partial charge in [0.25, 0.3) is 15.9 Å². The van der Waals surface area contributed by atoms with Crippen LogP contribution in [0.2, 0.25) is 0 Å². The quantitative estimate of drug-likeness (QED) is 0.750. The van der Waals surface area contributed by atoms with Crippen LogP contribution >= 0.6 is 0 Å². The van der Waals surface area contributed by atoms with E-state index < -0.39 is 39.6 Å². The van der Waals surface area contributed by atoms with E-state index in [0.717, 1.165) is 12.1 Å². The van der Waals surface area contributed by atoms with Gasteiger partial charge in [0.1, 0.15) is 17.2 Å². The molecule has 0 saturated heterocycles. The third-order valence-corrected chi connectivity index (χ3v) is 5.07. The fourth-order valence-electron chi connectivity index (χ4n) is 2.48. The third kappa shape index (κ3) is 4.25. The van der Waals surface area contributed by atoms with Crippen LogP contribution in [0, 0.1) is 11.6 Å². The number of hydrogen-bond acceptors (Lipinski definition) is 6. The fraction of sp³-hybridized carbons (Fsp3) is 0.235. The van der Waals surface area contributed by atoms with E-state index in [1.165, 1.54) is 24.0 Å². The molecule has 0 aromatic heterocycles. The van der Waals surface area contributed by atoms with Crippen molar-refractivity contribution in [3.63, 3.8) is 0 Å². The van der Waals surface area contributed by atoms with Crippen LogP contribution in [0.25, 0.3) is 0 Å². The lowest BCUT2D eigenvalue weighted by Gasteiger charge is -2.28. The number of halogens is 2. The molecule has 148 valence electrons. The summed E-state index contributed by atoms with van der Waals surface area (Å²) in [6.07, 6.45) is 3.07. The molecular weight excluding hydrogens is 396 g/mol. The zero-order chi connectivity index (χ0) is 20.5. The smallest absolute Gasteiger partial charge is 0.342 e. The topological polar surface area (TPSA) is 105 Å². The number of allylic oxidation sites excluding steroid dienone is 2. The molecule has 0 fully saturated rings. The highest BCUT2D eigenvalue weighted by atomic mass is 32.2. The molecule has 0 spiro atoms. The normalized spacial score (nSPS) is 18.5. The molecule has 11 heteroatoms. The number of hydrogen-bond donors (Lipinski definition) is 1. The number of rotatable bonds is 4. The first-order valence-corrected chi connectivity index (χ1v) is 9.72. The molecule has 1 aromatic carbocycles. The van der Waals surface area contributed by atoms with Crippen LogP contribution in [0.3, 0.4) is 0 Å². The second-order valence-electron chi connectivity index (χ2n) is 5.98. The number of benzene rings is 1. The third-order valence-electron chi connectivity index (χ3n) is 3.92. The van der Waals surface area contributed by atoms with Crippen LogP contribution in [0.15, 0.2) is 46.5 Å². The molecule has 0 bridgehead atoms. The molecule has 8 nitrogen and oxygen atoms in total. The van der Waals surface area contributed by atoms with Gasteiger partial charge in [0, 0.05) is 18.8 Å². The van der Waals surface area contributed by atoms with Gasteiger partial charge >= 0.3 is 5.97 Å². The predicted molar refractivity (Wildman–Crippen MR) is 95.7 cm³/mol. The van der Waals surface area contributed by atoms with Crippen LogP contribution in [-0.2, 0) is 24.3 Å². The van der Waals surface area contributed by atoms with Crippen LogP contribution < -0.4 is 5.32 Å². The Hall–Kier alpha value is -3.08. The monoisotopic (exact) mass is 411 g/mol. The Labute approximate surface area is 159 Å². The molecule has 1 amide bonds. The van der Waals surface area contributed by atoms with Gasteiger partial charge in [-0.15, -0.1) is 4.40 Å². The summed E-state index contributed by atoms with van der Waals surface area (Å²) in [6.45, 7) is 1.38. The minimum absolute atomic E-state index is 0.0871. The number of carbonyl (C=O) groups is 2. The highest BCUT2D eigenvalue weighted by molar-refractivity contribution is 7.90. The van der Waals surface area contributed by atoms with Crippen LogP contribution in [0.1, 0.15) is 6.92 Å². The number of esters is 1. The summed E-state index contributed by atoms with van der Waals surface area (Å²) >= 11 is 0. The SMILES string of the molecule is C[C@H](OC(=O)C1=CC=CN2CCS(=O)(=O)N=C12)C(=O)Nc1ccc(F)cc1F. The van der Waals surface area contributed by atoms with Crippen LogP contribution in [0.4, 0.5) is 14.5 Å². The molecule has 1 N–H and O–H groups in total. The highest BCUT2D eigenvalue weighted by Crippen LogP contribution is 2.20. The zero-order valence-electron chi connectivity index (χ0n) is 14.6. The first kappa shape index (κ1) is 19.7. The number of fused-ring (bicyclic) bond motifs is 1. The van der Waals surface area contributed by atoms with E-state index in [1.807, 2.05) is 0 Å². The lowest BCUT2D eigenvalue weighted by molar-refractivity contribution is -0.148. The van der Waals surface area contributed by atoms with E-state index >= 15 is 0 Å². The Balaban J connectivity index is 1.71. The molecule has 2 heterocycles. The number of amidine groups is 1. The van der Waals surface area contributed by atoms with Gasteiger partial charge in [-0.3, -0.25) is 4.79 Å². The van der Waals surface area contributed by atoms with Gasteiger partial charge in [-0.1, -0.05) is 0 Å². The van der Waals surface area contributed by atoms with Gasteiger partial charge in [0.15, 0.2) is 11.9 Å². The van der Waals surface area contributed by atoms with Crippen molar-refractivity contribution in [2.75, 3.05) is 17.6 Å². The van der Waals surface area contributed by atoms with Crippen molar-refractivity contribution in [1.29, 1.82) is 0 Å². The zero-order valence-corrected chi connectivity index (χ0v) is 15.4. The summed E-state index contributed by atoms with van der Waals surface area (Å²) < 4.78 is 58.6. The Morgan fingerprint density at radius 2 is 2.07 bits per heavy atom. The summed E-state index contributed by atoms with van der Waals surface area (Å²) in [5.41, 5.74) is -0.401. The van der Waals surface area contributed by atoms with Crippen LogP contribution in [0.5, 0.6) is 0 Å². The van der Waals surface area contributed by atoms with E-state index in [-0.39, 0.29) is 29.4 Å². The Morgan fingerprint density at radius 3 is 2.79 bits per heavy atom. The largest absolute Gasteiger partial charge is 0.449 e. The minimum atomic E-state index is -3.70. The second-order valence-corrected chi connectivity index (χ2v) is 7.73. The van der Waals surface area contributed by atoms with Gasteiger partial charge in [-0.2, -0.15) is 0 Å². The molecule has 0 radical (unpaired) electrons. The minimum Gasteiger partial charge on any atom is -0.449 e. The van der Waals surface area contributed by atoms with Gasteiger partial charge in [-0.25, -0.2) is 22.0 Å². The lowest BCUT2D eigenvalue weighted by atomic mass is 10.1. The molecule has 0 saturated carbocycles. The first-order valence-electron chi connectivity index (χ1n) is 8.11. The van der Waals surface area contributed by atoms with Crippen molar-refractivity contribution < 1.29 is 31.5 Å². The van der Waals surface area contributed by atoms with E-state index in [0.29, 0.717) is 6.07 Å². The van der Waals surface area contributed by atoms with Crippen molar-refractivity contribution in [2.24, 2.45) is 4.40 Å². The van der Waals surface area contributed by atoms with Crippen molar-refractivity contribution >= 4 is 33.4 Å². The Morgan fingerprint density at radius 1 is 1.32 bits per heavy atom. The Bertz CT molecular complexity index is 1030. The lowest BCUT2D eigenvalue weighted by Crippen LogP contribution is -2.41. The number of anilines is 1. The van der Waals surface area contributed by atoms with Crippen molar-refractivity contribution in [1.82, 2.24) is 4.90 Å². The number of sulfonamides is 1. The molecular formula is C17H15F2N3O5S. The summed E-state index contributed by atoms with van der Waals surface area (Å²) in [4.78, 5) is 26.0. The molecule has 0 aliphatic carbocycles.